The first-order chi connectivity index (χ1) is 14.5. The lowest BCUT2D eigenvalue weighted by molar-refractivity contribution is -0.112. The number of ether oxygens (including phenoxy) is 1. The summed E-state index contributed by atoms with van der Waals surface area (Å²) >= 11 is 0. The lowest BCUT2D eigenvalue weighted by atomic mass is 10.1. The summed E-state index contributed by atoms with van der Waals surface area (Å²) in [4.78, 5) is 23.6. The number of amides is 1. The molecule has 0 unspecified atom stereocenters. The second kappa shape index (κ2) is 9.26. The number of anilines is 1. The maximum absolute atomic E-state index is 12.5. The van der Waals surface area contributed by atoms with Gasteiger partial charge in [0.1, 0.15) is 28.9 Å². The van der Waals surface area contributed by atoms with Gasteiger partial charge in [-0.1, -0.05) is 18.2 Å². The molecule has 0 fully saturated rings. The number of carboxylic acid groups (broad SMARTS) is 1. The molecule has 30 heavy (non-hydrogen) atoms. The normalized spacial score (nSPS) is 10.9. The number of carbonyl (C=O) groups excluding carboxylic acids is 1. The molecule has 0 spiro atoms. The summed E-state index contributed by atoms with van der Waals surface area (Å²) in [5.74, 6) is -0.304. The molecule has 150 valence electrons. The fourth-order valence-corrected chi connectivity index (χ4v) is 2.71. The van der Waals surface area contributed by atoms with Crippen LogP contribution in [0.5, 0.6) is 5.75 Å². The lowest BCUT2D eigenvalue weighted by Crippen LogP contribution is -2.13. The SMILES string of the molecule is CCOc1cccc(NC(=O)/C(C#N)=C\c2ccc(-c3cccc(C(=O)O)c3)o2)c1. The Morgan fingerprint density at radius 3 is 2.70 bits per heavy atom. The van der Waals surface area contributed by atoms with E-state index in [1.807, 2.05) is 13.0 Å². The van der Waals surface area contributed by atoms with E-state index in [-0.39, 0.29) is 11.1 Å². The number of nitriles is 1. The molecule has 0 atom stereocenters. The van der Waals surface area contributed by atoms with Crippen LogP contribution in [0.2, 0.25) is 0 Å². The first-order valence-electron chi connectivity index (χ1n) is 9.09. The van der Waals surface area contributed by atoms with Crippen LogP contribution in [-0.4, -0.2) is 23.6 Å². The van der Waals surface area contributed by atoms with Crippen LogP contribution in [-0.2, 0) is 4.79 Å². The Morgan fingerprint density at radius 2 is 1.97 bits per heavy atom. The number of hydrogen-bond acceptors (Lipinski definition) is 5. The van der Waals surface area contributed by atoms with E-state index in [4.69, 9.17) is 14.3 Å². The molecule has 1 aromatic heterocycles. The molecule has 0 saturated heterocycles. The smallest absolute Gasteiger partial charge is 0.335 e. The van der Waals surface area contributed by atoms with Crippen LogP contribution in [0.3, 0.4) is 0 Å². The molecule has 7 nitrogen and oxygen atoms in total. The molecule has 1 heterocycles. The number of nitrogens with one attached hydrogen (secondary N) is 1. The summed E-state index contributed by atoms with van der Waals surface area (Å²) in [5, 5.41) is 21.2. The van der Waals surface area contributed by atoms with Crippen molar-refractivity contribution < 1.29 is 23.8 Å². The largest absolute Gasteiger partial charge is 0.494 e. The fourth-order valence-electron chi connectivity index (χ4n) is 2.71. The molecule has 2 N–H and O–H groups in total. The van der Waals surface area contributed by atoms with E-state index in [2.05, 4.69) is 5.32 Å². The second-order valence-electron chi connectivity index (χ2n) is 6.17. The minimum atomic E-state index is -1.04. The number of nitrogens with zero attached hydrogens (tertiary/aromatic N) is 1. The molecule has 1 amide bonds. The second-order valence-corrected chi connectivity index (χ2v) is 6.17. The molecule has 3 aromatic rings. The Labute approximate surface area is 172 Å². The highest BCUT2D eigenvalue weighted by Gasteiger charge is 2.13. The van der Waals surface area contributed by atoms with Crippen LogP contribution in [0, 0.1) is 11.3 Å². The van der Waals surface area contributed by atoms with Crippen molar-refractivity contribution in [1.82, 2.24) is 0 Å². The van der Waals surface area contributed by atoms with Gasteiger partial charge in [-0.15, -0.1) is 0 Å². The van der Waals surface area contributed by atoms with Gasteiger partial charge >= 0.3 is 5.97 Å². The van der Waals surface area contributed by atoms with Crippen molar-refractivity contribution in [3.63, 3.8) is 0 Å². The van der Waals surface area contributed by atoms with E-state index >= 15 is 0 Å². The number of benzene rings is 2. The summed E-state index contributed by atoms with van der Waals surface area (Å²) in [6.07, 6.45) is 1.33. The van der Waals surface area contributed by atoms with Crippen LogP contribution >= 0.6 is 0 Å². The highest BCUT2D eigenvalue weighted by Crippen LogP contribution is 2.25. The van der Waals surface area contributed by atoms with E-state index in [0.29, 0.717) is 35.1 Å². The van der Waals surface area contributed by atoms with E-state index in [9.17, 15) is 14.9 Å². The maximum Gasteiger partial charge on any atom is 0.335 e. The fraction of sp³-hybridized carbons (Fsp3) is 0.0870. The summed E-state index contributed by atoms with van der Waals surface area (Å²) in [7, 11) is 0. The zero-order chi connectivity index (χ0) is 21.5. The quantitative estimate of drug-likeness (QED) is 0.441. The van der Waals surface area contributed by atoms with Crippen molar-refractivity contribution in [1.29, 1.82) is 5.26 Å². The van der Waals surface area contributed by atoms with Crippen molar-refractivity contribution in [2.75, 3.05) is 11.9 Å². The molecule has 2 aromatic carbocycles. The molecular weight excluding hydrogens is 384 g/mol. The zero-order valence-electron chi connectivity index (χ0n) is 16.1. The first kappa shape index (κ1) is 20.4. The zero-order valence-corrected chi connectivity index (χ0v) is 16.1. The lowest BCUT2D eigenvalue weighted by Gasteiger charge is -2.07. The van der Waals surface area contributed by atoms with Gasteiger partial charge in [-0.2, -0.15) is 5.26 Å². The Kier molecular flexibility index (Phi) is 6.30. The van der Waals surface area contributed by atoms with Gasteiger partial charge in [0.2, 0.25) is 0 Å². The number of furan rings is 1. The van der Waals surface area contributed by atoms with Gasteiger partial charge in [0, 0.05) is 23.4 Å². The standard InChI is InChI=1S/C23H18N2O5/c1-2-29-19-8-4-7-18(13-19)25-22(26)17(14-24)12-20-9-10-21(30-20)15-5-3-6-16(11-15)23(27)28/h3-13H,2H2,1H3,(H,25,26)(H,27,28)/b17-12-. The highest BCUT2D eigenvalue weighted by atomic mass is 16.5. The van der Waals surface area contributed by atoms with Crippen molar-refractivity contribution >= 4 is 23.6 Å². The van der Waals surface area contributed by atoms with Crippen molar-refractivity contribution in [2.45, 2.75) is 6.92 Å². The molecular formula is C23H18N2O5. The number of rotatable bonds is 7. The summed E-state index contributed by atoms with van der Waals surface area (Å²) in [6, 6.07) is 18.3. The van der Waals surface area contributed by atoms with Gasteiger partial charge in [0.15, 0.2) is 0 Å². The Morgan fingerprint density at radius 1 is 1.17 bits per heavy atom. The number of carbonyl (C=O) groups is 2. The third kappa shape index (κ3) is 4.94. The van der Waals surface area contributed by atoms with Gasteiger partial charge in [0.25, 0.3) is 5.91 Å². The van der Waals surface area contributed by atoms with Gasteiger partial charge in [-0.3, -0.25) is 4.79 Å². The molecule has 0 bridgehead atoms. The summed E-state index contributed by atoms with van der Waals surface area (Å²) in [5.41, 5.74) is 1.06. The number of aromatic carboxylic acids is 1. The summed E-state index contributed by atoms with van der Waals surface area (Å²) < 4.78 is 11.1. The van der Waals surface area contributed by atoms with E-state index < -0.39 is 11.9 Å². The molecule has 0 radical (unpaired) electrons. The van der Waals surface area contributed by atoms with E-state index in [1.165, 1.54) is 18.2 Å². The van der Waals surface area contributed by atoms with Crippen LogP contribution < -0.4 is 10.1 Å². The summed E-state index contributed by atoms with van der Waals surface area (Å²) in [6.45, 7) is 2.36. The Hall–Kier alpha value is -4.31. The maximum atomic E-state index is 12.5. The van der Waals surface area contributed by atoms with Gasteiger partial charge in [-0.05, 0) is 43.3 Å². The van der Waals surface area contributed by atoms with Gasteiger partial charge < -0.3 is 19.6 Å². The average Bonchev–Trinajstić information content (AvgIpc) is 3.21. The molecule has 7 heteroatoms. The third-order valence-corrected chi connectivity index (χ3v) is 4.08. The van der Waals surface area contributed by atoms with Gasteiger partial charge in [-0.25, -0.2) is 4.79 Å². The highest BCUT2D eigenvalue weighted by molar-refractivity contribution is 6.09. The first-order valence-corrected chi connectivity index (χ1v) is 9.09. The molecule has 0 aliphatic rings. The monoisotopic (exact) mass is 402 g/mol. The molecule has 3 rings (SSSR count). The number of carboxylic acids is 1. The van der Waals surface area contributed by atoms with Gasteiger partial charge in [0.05, 0.1) is 12.2 Å². The van der Waals surface area contributed by atoms with Crippen LogP contribution in [0.1, 0.15) is 23.0 Å². The minimum Gasteiger partial charge on any atom is -0.494 e. The molecule has 0 saturated carbocycles. The van der Waals surface area contributed by atoms with Crippen LogP contribution in [0.15, 0.2) is 70.7 Å². The van der Waals surface area contributed by atoms with Crippen LogP contribution in [0.4, 0.5) is 5.69 Å². The predicted octanol–water partition coefficient (Wildman–Crippen LogP) is 4.59. The average molecular weight is 402 g/mol. The van der Waals surface area contributed by atoms with E-state index in [1.54, 1.807) is 48.5 Å². The predicted molar refractivity (Wildman–Crippen MR) is 111 cm³/mol. The Bertz CT molecular complexity index is 1150. The minimum absolute atomic E-state index is 0.132. The van der Waals surface area contributed by atoms with Crippen molar-refractivity contribution in [3.05, 3.63) is 77.6 Å². The molecule has 0 aliphatic carbocycles. The molecule has 0 aliphatic heterocycles. The Balaban J connectivity index is 1.79. The van der Waals surface area contributed by atoms with Crippen molar-refractivity contribution in [3.8, 4) is 23.1 Å². The topological polar surface area (TPSA) is 113 Å². The number of hydrogen-bond donors (Lipinski definition) is 2. The van der Waals surface area contributed by atoms with Crippen molar-refractivity contribution in [2.24, 2.45) is 0 Å². The van der Waals surface area contributed by atoms with E-state index in [0.717, 1.165) is 0 Å². The van der Waals surface area contributed by atoms with Crippen LogP contribution in [0.25, 0.3) is 17.4 Å². The third-order valence-electron chi connectivity index (χ3n) is 4.08.